The molecule has 14 heavy (non-hydrogen) atoms. The second-order valence-corrected chi connectivity index (χ2v) is 6.10. The summed E-state index contributed by atoms with van der Waals surface area (Å²) in [6.07, 6.45) is 3.50. The van der Waals surface area contributed by atoms with Gasteiger partial charge in [-0.15, -0.1) is 13.2 Å². The van der Waals surface area contributed by atoms with Crippen LogP contribution in [0.1, 0.15) is 6.42 Å². The summed E-state index contributed by atoms with van der Waals surface area (Å²) in [5.74, 6) is 0.362. The van der Waals surface area contributed by atoms with Crippen LogP contribution in [0, 0.1) is 5.92 Å². The van der Waals surface area contributed by atoms with Crippen molar-refractivity contribution in [3.63, 3.8) is 0 Å². The van der Waals surface area contributed by atoms with E-state index in [1.807, 2.05) is 0 Å². The molecule has 2 rings (SSSR count). The summed E-state index contributed by atoms with van der Waals surface area (Å²) in [6.45, 7) is 7.28. The van der Waals surface area contributed by atoms with Gasteiger partial charge in [-0.3, -0.25) is 0 Å². The molecule has 0 aromatic heterocycles. The minimum Gasteiger partial charge on any atom is -0.365 e. The van der Waals surface area contributed by atoms with Crippen molar-refractivity contribution in [1.82, 2.24) is 0 Å². The van der Waals surface area contributed by atoms with Gasteiger partial charge in [0.2, 0.25) is 0 Å². The third-order valence-corrected chi connectivity index (χ3v) is 5.35. The molecule has 4 heteroatoms. The van der Waals surface area contributed by atoms with Gasteiger partial charge in [0.15, 0.2) is 9.84 Å². The Labute approximate surface area is 84.4 Å². The highest BCUT2D eigenvalue weighted by Gasteiger charge is 2.52. The lowest BCUT2D eigenvalue weighted by atomic mass is 9.96. The molecule has 0 aromatic rings. The second-order valence-electron chi connectivity index (χ2n) is 3.82. The molecule has 2 fully saturated rings. The average Bonchev–Trinajstić information content (AvgIpc) is 2.65. The van der Waals surface area contributed by atoms with E-state index in [0.29, 0.717) is 6.42 Å². The fourth-order valence-electron chi connectivity index (χ4n) is 2.45. The maximum atomic E-state index is 11.7. The van der Waals surface area contributed by atoms with Gasteiger partial charge in [-0.05, 0) is 6.42 Å². The summed E-state index contributed by atoms with van der Waals surface area (Å²) in [4.78, 5) is 0. The zero-order chi connectivity index (χ0) is 10.3. The first-order chi connectivity index (χ1) is 6.60. The van der Waals surface area contributed by atoms with Crippen LogP contribution in [0.2, 0.25) is 0 Å². The molecule has 2 heterocycles. The minimum absolute atomic E-state index is 0.0838. The monoisotopic (exact) mass is 214 g/mol. The number of fused-ring (bicyclic) bond motifs is 1. The lowest BCUT2D eigenvalue weighted by molar-refractivity contribution is 0.0883. The number of hydrogen-bond acceptors (Lipinski definition) is 3. The third kappa shape index (κ3) is 1.25. The van der Waals surface area contributed by atoms with E-state index in [0.717, 1.165) is 0 Å². The molecule has 2 aliphatic rings. The predicted molar refractivity (Wildman–Crippen MR) is 54.7 cm³/mol. The first-order valence-electron chi connectivity index (χ1n) is 4.72. The lowest BCUT2D eigenvalue weighted by Crippen LogP contribution is -2.28. The molecule has 0 bridgehead atoms. The van der Waals surface area contributed by atoms with E-state index in [4.69, 9.17) is 4.74 Å². The van der Waals surface area contributed by atoms with Gasteiger partial charge in [-0.2, -0.15) is 0 Å². The molecule has 0 aliphatic carbocycles. The van der Waals surface area contributed by atoms with Crippen LogP contribution >= 0.6 is 0 Å². The molecule has 0 aromatic carbocycles. The lowest BCUT2D eigenvalue weighted by Gasteiger charge is -2.11. The van der Waals surface area contributed by atoms with Gasteiger partial charge in [0.05, 0.1) is 23.2 Å². The molecule has 2 aliphatic heterocycles. The molecule has 2 saturated heterocycles. The highest BCUT2D eigenvalue weighted by atomic mass is 32.2. The van der Waals surface area contributed by atoms with Gasteiger partial charge in [-0.1, -0.05) is 12.2 Å². The SMILES string of the molecule is C=CC1OC(C=C)C2C1CCS2(=O)=O. The Bertz CT molecular complexity index is 358. The molecule has 0 radical (unpaired) electrons. The predicted octanol–water partition coefficient (Wildman–Crippen LogP) is 0.929. The standard InChI is InChI=1S/C10H14O3S/c1-3-8-7-5-6-14(11,12)10(7)9(4-2)13-8/h3-4,7-10H,1-2,5-6H2. The van der Waals surface area contributed by atoms with Gasteiger partial charge < -0.3 is 4.74 Å². The largest absolute Gasteiger partial charge is 0.365 e. The molecular weight excluding hydrogens is 200 g/mol. The molecule has 0 saturated carbocycles. The Hall–Kier alpha value is -0.610. The van der Waals surface area contributed by atoms with Crippen LogP contribution in [0.15, 0.2) is 25.3 Å². The Morgan fingerprint density at radius 2 is 1.86 bits per heavy atom. The van der Waals surface area contributed by atoms with E-state index >= 15 is 0 Å². The Kier molecular flexibility index (Phi) is 2.27. The van der Waals surface area contributed by atoms with Gasteiger partial charge in [0, 0.05) is 5.92 Å². The highest BCUT2D eigenvalue weighted by molar-refractivity contribution is 7.92. The van der Waals surface area contributed by atoms with Crippen molar-refractivity contribution in [3.8, 4) is 0 Å². The van der Waals surface area contributed by atoms with Crippen molar-refractivity contribution in [1.29, 1.82) is 0 Å². The first-order valence-corrected chi connectivity index (χ1v) is 6.44. The average molecular weight is 214 g/mol. The molecule has 78 valence electrons. The smallest absolute Gasteiger partial charge is 0.156 e. The van der Waals surface area contributed by atoms with E-state index in [2.05, 4.69) is 13.2 Å². The summed E-state index contributed by atoms with van der Waals surface area (Å²) in [5.41, 5.74) is 0. The van der Waals surface area contributed by atoms with E-state index in [1.165, 1.54) is 0 Å². The number of sulfone groups is 1. The number of rotatable bonds is 2. The van der Waals surface area contributed by atoms with E-state index in [-0.39, 0.29) is 29.1 Å². The highest BCUT2D eigenvalue weighted by Crippen LogP contribution is 2.41. The quantitative estimate of drug-likeness (QED) is 0.642. The maximum absolute atomic E-state index is 11.7. The van der Waals surface area contributed by atoms with E-state index in [9.17, 15) is 8.42 Å². The van der Waals surface area contributed by atoms with Crippen molar-refractivity contribution >= 4 is 9.84 Å². The fourth-order valence-corrected chi connectivity index (χ4v) is 4.73. The summed E-state index contributed by atoms with van der Waals surface area (Å²) >= 11 is 0. The van der Waals surface area contributed by atoms with Crippen molar-refractivity contribution in [3.05, 3.63) is 25.3 Å². The molecule has 0 amide bonds. The van der Waals surface area contributed by atoms with Crippen LogP contribution < -0.4 is 0 Å². The molecule has 3 nitrogen and oxygen atoms in total. The summed E-state index contributed by atoms with van der Waals surface area (Å²) in [6, 6.07) is 0. The Balaban J connectivity index is 2.37. The van der Waals surface area contributed by atoms with Crippen molar-refractivity contribution in [2.45, 2.75) is 23.9 Å². The van der Waals surface area contributed by atoms with Crippen LogP contribution in [0.4, 0.5) is 0 Å². The van der Waals surface area contributed by atoms with E-state index in [1.54, 1.807) is 12.2 Å². The van der Waals surface area contributed by atoms with Crippen LogP contribution in [0.25, 0.3) is 0 Å². The van der Waals surface area contributed by atoms with Crippen LogP contribution in [0.5, 0.6) is 0 Å². The third-order valence-electron chi connectivity index (χ3n) is 3.10. The summed E-state index contributed by atoms with van der Waals surface area (Å²) in [7, 11) is -2.97. The normalized spacial score (nSPS) is 44.6. The number of ether oxygens (including phenoxy) is 1. The molecule has 4 atom stereocenters. The topological polar surface area (TPSA) is 43.4 Å². The van der Waals surface area contributed by atoms with Gasteiger partial charge in [0.25, 0.3) is 0 Å². The van der Waals surface area contributed by atoms with Gasteiger partial charge in [0.1, 0.15) is 0 Å². The molecule has 0 N–H and O–H groups in total. The maximum Gasteiger partial charge on any atom is 0.156 e. The minimum atomic E-state index is -2.97. The van der Waals surface area contributed by atoms with Crippen molar-refractivity contribution < 1.29 is 13.2 Å². The van der Waals surface area contributed by atoms with Crippen LogP contribution in [-0.4, -0.2) is 31.6 Å². The first kappa shape index (κ1) is 9.93. The summed E-state index contributed by atoms with van der Waals surface area (Å²) in [5, 5.41) is -0.386. The molecule has 4 unspecified atom stereocenters. The Morgan fingerprint density at radius 1 is 1.21 bits per heavy atom. The van der Waals surface area contributed by atoms with Crippen molar-refractivity contribution in [2.75, 3.05) is 5.75 Å². The van der Waals surface area contributed by atoms with Gasteiger partial charge in [-0.25, -0.2) is 8.42 Å². The fraction of sp³-hybridized carbons (Fsp3) is 0.600. The van der Waals surface area contributed by atoms with Crippen LogP contribution in [0.3, 0.4) is 0 Å². The Morgan fingerprint density at radius 3 is 2.43 bits per heavy atom. The molecule has 0 spiro atoms. The zero-order valence-corrected chi connectivity index (χ0v) is 8.74. The molecular formula is C10H14O3S. The van der Waals surface area contributed by atoms with Gasteiger partial charge >= 0.3 is 0 Å². The number of hydrogen-bond donors (Lipinski definition) is 0. The van der Waals surface area contributed by atoms with Crippen LogP contribution in [-0.2, 0) is 14.6 Å². The van der Waals surface area contributed by atoms with E-state index < -0.39 is 9.84 Å². The zero-order valence-electron chi connectivity index (χ0n) is 7.93. The summed E-state index contributed by atoms with van der Waals surface area (Å²) < 4.78 is 29.0. The van der Waals surface area contributed by atoms with Crippen molar-refractivity contribution in [2.24, 2.45) is 5.92 Å². The second kappa shape index (κ2) is 3.21.